The molecule has 0 aliphatic carbocycles. The van der Waals surface area contributed by atoms with Gasteiger partial charge in [0.25, 0.3) is 0 Å². The van der Waals surface area contributed by atoms with Crippen LogP contribution in [0.5, 0.6) is 0 Å². The summed E-state index contributed by atoms with van der Waals surface area (Å²) in [5.74, 6) is 0.240. The maximum absolute atomic E-state index is 11.0. The lowest BCUT2D eigenvalue weighted by Gasteiger charge is -2.27. The maximum atomic E-state index is 11.0. The molecule has 0 saturated carbocycles. The van der Waals surface area contributed by atoms with Crippen LogP contribution in [0.1, 0.15) is 13.3 Å². The predicted molar refractivity (Wildman–Crippen MR) is 44.6 cm³/mol. The molecule has 1 atom stereocenters. The van der Waals surface area contributed by atoms with Crippen molar-refractivity contribution < 1.29 is 9.59 Å². The molecule has 1 rings (SSSR count). The minimum absolute atomic E-state index is 0.0435. The van der Waals surface area contributed by atoms with Gasteiger partial charge < -0.3 is 4.90 Å². The van der Waals surface area contributed by atoms with E-state index in [2.05, 4.69) is 15.9 Å². The minimum Gasteiger partial charge on any atom is -0.341 e. The van der Waals surface area contributed by atoms with E-state index in [0.717, 1.165) is 0 Å². The van der Waals surface area contributed by atoms with Gasteiger partial charge in [-0.2, -0.15) is 0 Å². The Morgan fingerprint density at radius 3 is 2.82 bits per heavy atom. The highest BCUT2D eigenvalue weighted by Gasteiger charge is 2.25. The molecular weight excluding hydrogens is 210 g/mol. The molecule has 1 heterocycles. The number of alkyl halides is 1. The molecule has 1 amide bonds. The molecule has 0 bridgehead atoms. The third-order valence-corrected chi connectivity index (χ3v) is 2.60. The molecule has 0 unspecified atom stereocenters. The molecule has 1 aliphatic rings. The van der Waals surface area contributed by atoms with E-state index in [1.165, 1.54) is 6.92 Å². The topological polar surface area (TPSA) is 37.4 Å². The van der Waals surface area contributed by atoms with Crippen LogP contribution >= 0.6 is 15.9 Å². The number of rotatable bonds is 0. The van der Waals surface area contributed by atoms with Gasteiger partial charge in [0.1, 0.15) is 5.78 Å². The number of Topliss-reactive ketones (excluding diaryl/α,β-unsaturated/α-hetero) is 1. The third-order valence-electron chi connectivity index (χ3n) is 1.80. The summed E-state index contributed by atoms with van der Waals surface area (Å²) in [5.41, 5.74) is 0. The number of carbonyl (C=O) groups is 2. The first-order chi connectivity index (χ1) is 5.11. The summed E-state index contributed by atoms with van der Waals surface area (Å²) in [4.78, 5) is 23.4. The molecule has 0 aromatic rings. The van der Waals surface area contributed by atoms with Gasteiger partial charge in [-0.3, -0.25) is 9.59 Å². The van der Waals surface area contributed by atoms with Gasteiger partial charge >= 0.3 is 0 Å². The average Bonchev–Trinajstić information content (AvgIpc) is 1.94. The molecule has 1 saturated heterocycles. The van der Waals surface area contributed by atoms with Crippen LogP contribution in [0.25, 0.3) is 0 Å². The first-order valence-corrected chi connectivity index (χ1v) is 4.45. The highest BCUT2D eigenvalue weighted by Crippen LogP contribution is 2.13. The van der Waals surface area contributed by atoms with Crippen molar-refractivity contribution in [1.82, 2.24) is 4.90 Å². The molecule has 0 spiro atoms. The Morgan fingerprint density at radius 1 is 1.73 bits per heavy atom. The molecule has 1 aliphatic heterocycles. The van der Waals surface area contributed by atoms with Crippen LogP contribution < -0.4 is 0 Å². The van der Waals surface area contributed by atoms with Gasteiger partial charge in [-0.1, -0.05) is 15.9 Å². The SMILES string of the molecule is CC(=O)N1CCC(=O)[C@@H](Br)C1. The van der Waals surface area contributed by atoms with Crippen molar-refractivity contribution in [3.63, 3.8) is 0 Å². The van der Waals surface area contributed by atoms with Crippen LogP contribution in [0.4, 0.5) is 0 Å². The van der Waals surface area contributed by atoms with Crippen LogP contribution in [0.15, 0.2) is 0 Å². The van der Waals surface area contributed by atoms with Crippen LogP contribution in [0, 0.1) is 0 Å². The number of hydrogen-bond acceptors (Lipinski definition) is 2. The molecule has 0 aromatic heterocycles. The van der Waals surface area contributed by atoms with Gasteiger partial charge in [-0.05, 0) is 0 Å². The summed E-state index contributed by atoms with van der Waals surface area (Å²) in [6, 6.07) is 0. The van der Waals surface area contributed by atoms with E-state index >= 15 is 0 Å². The van der Waals surface area contributed by atoms with Gasteiger partial charge in [-0.15, -0.1) is 0 Å². The number of piperidine rings is 1. The second kappa shape index (κ2) is 3.34. The smallest absolute Gasteiger partial charge is 0.219 e. The molecule has 4 heteroatoms. The average molecular weight is 220 g/mol. The molecular formula is C7H10BrNO2. The van der Waals surface area contributed by atoms with Gasteiger partial charge in [0, 0.05) is 26.4 Å². The maximum Gasteiger partial charge on any atom is 0.219 e. The minimum atomic E-state index is -0.153. The lowest BCUT2D eigenvalue weighted by molar-refractivity contribution is -0.132. The van der Waals surface area contributed by atoms with E-state index in [0.29, 0.717) is 19.5 Å². The van der Waals surface area contributed by atoms with E-state index < -0.39 is 0 Å². The second-order valence-corrected chi connectivity index (χ2v) is 3.75. The zero-order chi connectivity index (χ0) is 8.43. The number of carbonyl (C=O) groups excluding carboxylic acids is 2. The van der Waals surface area contributed by atoms with Crippen LogP contribution in [0.3, 0.4) is 0 Å². The largest absolute Gasteiger partial charge is 0.341 e. The summed E-state index contributed by atoms with van der Waals surface area (Å²) in [6.07, 6.45) is 0.482. The predicted octanol–water partition coefficient (Wildman–Crippen LogP) is 0.571. The second-order valence-electron chi connectivity index (χ2n) is 2.65. The molecule has 0 aromatic carbocycles. The normalized spacial score (nSPS) is 25.5. The van der Waals surface area contributed by atoms with Crippen molar-refractivity contribution >= 4 is 27.6 Å². The Labute approximate surface area is 73.9 Å². The monoisotopic (exact) mass is 219 g/mol. The number of ketones is 1. The van der Waals surface area contributed by atoms with Gasteiger partial charge in [-0.25, -0.2) is 0 Å². The van der Waals surface area contributed by atoms with E-state index in [1.54, 1.807) is 4.90 Å². The van der Waals surface area contributed by atoms with Crippen molar-refractivity contribution in [1.29, 1.82) is 0 Å². The van der Waals surface area contributed by atoms with Crippen molar-refractivity contribution in [3.05, 3.63) is 0 Å². The van der Waals surface area contributed by atoms with Gasteiger partial charge in [0.05, 0.1) is 4.83 Å². The van der Waals surface area contributed by atoms with Crippen LogP contribution in [0.2, 0.25) is 0 Å². The first-order valence-electron chi connectivity index (χ1n) is 3.53. The van der Waals surface area contributed by atoms with E-state index in [1.807, 2.05) is 0 Å². The molecule has 3 nitrogen and oxygen atoms in total. The van der Waals surface area contributed by atoms with Crippen molar-refractivity contribution in [2.45, 2.75) is 18.2 Å². The van der Waals surface area contributed by atoms with Crippen LogP contribution in [-0.4, -0.2) is 34.5 Å². The van der Waals surface area contributed by atoms with Crippen molar-refractivity contribution in [2.75, 3.05) is 13.1 Å². The lowest BCUT2D eigenvalue weighted by atomic mass is 10.1. The Kier molecular flexibility index (Phi) is 2.65. The highest BCUT2D eigenvalue weighted by atomic mass is 79.9. The third kappa shape index (κ3) is 2.02. The fourth-order valence-electron chi connectivity index (χ4n) is 1.07. The van der Waals surface area contributed by atoms with Crippen molar-refractivity contribution in [2.24, 2.45) is 0 Å². The Morgan fingerprint density at radius 2 is 2.36 bits per heavy atom. The molecule has 11 heavy (non-hydrogen) atoms. The summed E-state index contributed by atoms with van der Waals surface area (Å²) in [6.45, 7) is 2.62. The molecule has 1 fully saturated rings. The standard InChI is InChI=1S/C7H10BrNO2/c1-5(10)9-3-2-7(11)6(8)4-9/h6H,2-4H2,1H3/t6-/m0/s1. The van der Waals surface area contributed by atoms with Gasteiger partial charge in [0.15, 0.2) is 0 Å². The van der Waals surface area contributed by atoms with Gasteiger partial charge in [0.2, 0.25) is 5.91 Å². The number of halogens is 1. The summed E-state index contributed by atoms with van der Waals surface area (Å²) in [7, 11) is 0. The fourth-order valence-corrected chi connectivity index (χ4v) is 1.65. The quantitative estimate of drug-likeness (QED) is 0.559. The lowest BCUT2D eigenvalue weighted by Crippen LogP contribution is -2.43. The zero-order valence-corrected chi connectivity index (χ0v) is 7.93. The number of likely N-dealkylation sites (tertiary alicyclic amines) is 1. The Balaban J connectivity index is 2.52. The highest BCUT2D eigenvalue weighted by molar-refractivity contribution is 9.10. The van der Waals surface area contributed by atoms with E-state index in [4.69, 9.17) is 0 Å². The fraction of sp³-hybridized carbons (Fsp3) is 0.714. The number of amides is 1. The first kappa shape index (κ1) is 8.71. The molecule has 62 valence electrons. The number of hydrogen-bond donors (Lipinski definition) is 0. The summed E-state index contributed by atoms with van der Waals surface area (Å²) >= 11 is 3.22. The Bertz CT molecular complexity index is 193. The summed E-state index contributed by atoms with van der Waals surface area (Å²) < 4.78 is 0. The number of nitrogens with zero attached hydrogens (tertiary/aromatic N) is 1. The summed E-state index contributed by atoms with van der Waals surface area (Å²) in [5, 5.41) is 0. The Hall–Kier alpha value is -0.380. The van der Waals surface area contributed by atoms with E-state index in [-0.39, 0.29) is 16.5 Å². The van der Waals surface area contributed by atoms with Crippen LogP contribution in [-0.2, 0) is 9.59 Å². The zero-order valence-electron chi connectivity index (χ0n) is 6.34. The van der Waals surface area contributed by atoms with Crippen molar-refractivity contribution in [3.8, 4) is 0 Å². The van der Waals surface area contributed by atoms with E-state index in [9.17, 15) is 9.59 Å². The molecule has 0 radical (unpaired) electrons. The molecule has 0 N–H and O–H groups in total.